The van der Waals surface area contributed by atoms with Crippen molar-refractivity contribution < 1.29 is 9.31 Å². The third kappa shape index (κ3) is 2.90. The lowest BCUT2D eigenvalue weighted by Crippen LogP contribution is -2.41. The number of nitrogens with zero attached hydrogens (tertiary/aromatic N) is 3. The zero-order valence-electron chi connectivity index (χ0n) is 14.3. The predicted molar refractivity (Wildman–Crippen MR) is 108 cm³/mol. The summed E-state index contributed by atoms with van der Waals surface area (Å²) in [6, 6.07) is 6.40. The Balaban J connectivity index is 2.12. The smallest absolute Gasteiger partial charge is 0.398 e. The SMILES string of the molecule is CN(C)c1ccc2c(c1)c(B1OC(C)(C)C(C)(C)O1)nn2PI. The second-order valence-electron chi connectivity index (χ2n) is 7.07. The van der Waals surface area contributed by atoms with Crippen LogP contribution in [0.2, 0.25) is 0 Å². The zero-order valence-corrected chi connectivity index (χ0v) is 17.5. The van der Waals surface area contributed by atoms with Gasteiger partial charge < -0.3 is 14.2 Å². The third-order valence-electron chi connectivity index (χ3n) is 4.76. The highest BCUT2D eigenvalue weighted by Gasteiger charge is 2.53. The molecular weight excluding hydrogens is 423 g/mol. The van der Waals surface area contributed by atoms with Crippen molar-refractivity contribution in [2.24, 2.45) is 0 Å². The summed E-state index contributed by atoms with van der Waals surface area (Å²) in [7, 11) is 3.65. The Hall–Kier alpha value is -0.365. The normalized spacial score (nSPS) is 20.0. The molecule has 0 aliphatic carbocycles. The van der Waals surface area contributed by atoms with E-state index >= 15 is 0 Å². The minimum absolute atomic E-state index is 0.362. The molecule has 8 heteroatoms. The summed E-state index contributed by atoms with van der Waals surface area (Å²) in [6.07, 6.45) is 0.535. The van der Waals surface area contributed by atoms with Crippen LogP contribution in [0.3, 0.4) is 0 Å². The van der Waals surface area contributed by atoms with Crippen LogP contribution in [-0.2, 0) is 9.31 Å². The van der Waals surface area contributed by atoms with Crippen LogP contribution in [-0.4, -0.2) is 42.0 Å². The van der Waals surface area contributed by atoms with Gasteiger partial charge in [-0.3, -0.25) is 0 Å². The number of hydrogen-bond acceptors (Lipinski definition) is 4. The molecule has 5 nitrogen and oxygen atoms in total. The molecule has 0 saturated carbocycles. The van der Waals surface area contributed by atoms with E-state index in [1.54, 1.807) is 0 Å². The lowest BCUT2D eigenvalue weighted by molar-refractivity contribution is 0.00578. The van der Waals surface area contributed by atoms with Crippen LogP contribution in [0.1, 0.15) is 27.7 Å². The molecule has 124 valence electrons. The molecule has 0 bridgehead atoms. The van der Waals surface area contributed by atoms with Crippen LogP contribution in [0.5, 0.6) is 0 Å². The molecule has 1 aliphatic rings. The highest BCUT2D eigenvalue weighted by atomic mass is 127. The molecule has 1 saturated heterocycles. The number of anilines is 1. The van der Waals surface area contributed by atoms with Gasteiger partial charge in [0.2, 0.25) is 0 Å². The molecule has 1 unspecified atom stereocenters. The summed E-state index contributed by atoms with van der Waals surface area (Å²) < 4.78 is 14.4. The fourth-order valence-corrected chi connectivity index (χ4v) is 4.14. The van der Waals surface area contributed by atoms with Crippen molar-refractivity contribution in [2.75, 3.05) is 19.0 Å². The van der Waals surface area contributed by atoms with Gasteiger partial charge in [0.25, 0.3) is 0 Å². The average molecular weight is 445 g/mol. The Morgan fingerprint density at radius 1 is 1.17 bits per heavy atom. The van der Waals surface area contributed by atoms with Crippen LogP contribution in [0, 0.1) is 0 Å². The van der Waals surface area contributed by atoms with Gasteiger partial charge in [-0.2, -0.15) is 5.10 Å². The van der Waals surface area contributed by atoms with E-state index in [-0.39, 0.29) is 11.2 Å². The van der Waals surface area contributed by atoms with Crippen molar-refractivity contribution in [3.8, 4) is 0 Å². The number of hydrogen-bond donors (Lipinski definition) is 0. The van der Waals surface area contributed by atoms with Crippen LogP contribution in [0.25, 0.3) is 10.9 Å². The van der Waals surface area contributed by atoms with Gasteiger partial charge in [0, 0.05) is 25.2 Å². The molecule has 0 amide bonds. The molecule has 0 N–H and O–H groups in total. The molecule has 3 rings (SSSR count). The van der Waals surface area contributed by atoms with E-state index in [1.165, 1.54) is 0 Å². The average Bonchev–Trinajstić information content (AvgIpc) is 2.92. The Bertz CT molecular complexity index is 732. The summed E-state index contributed by atoms with van der Waals surface area (Å²) in [5.74, 6) is 0. The van der Waals surface area contributed by atoms with Crippen molar-refractivity contribution >= 4 is 57.7 Å². The van der Waals surface area contributed by atoms with Crippen LogP contribution in [0.4, 0.5) is 5.69 Å². The predicted octanol–water partition coefficient (Wildman–Crippen LogP) is 3.19. The summed E-state index contributed by atoms with van der Waals surface area (Å²) in [4.78, 5) is 2.09. The lowest BCUT2D eigenvalue weighted by atomic mass is 9.82. The minimum atomic E-state index is -0.436. The monoisotopic (exact) mass is 445 g/mol. The molecule has 0 spiro atoms. The Kier molecular flexibility index (Phi) is 4.45. The molecule has 1 atom stereocenters. The van der Waals surface area contributed by atoms with E-state index in [1.807, 2.05) is 18.5 Å². The number of fused-ring (bicyclic) bond motifs is 1. The van der Waals surface area contributed by atoms with Gasteiger partial charge in [0.15, 0.2) is 0 Å². The fraction of sp³-hybridized carbons (Fsp3) is 0.533. The quantitative estimate of drug-likeness (QED) is 0.414. The van der Waals surface area contributed by atoms with E-state index in [4.69, 9.17) is 14.4 Å². The molecular formula is C15H22BIN3O2P. The maximum atomic E-state index is 6.21. The van der Waals surface area contributed by atoms with Crippen LogP contribution < -0.4 is 10.5 Å². The number of aromatic nitrogens is 2. The number of rotatable bonds is 3. The highest BCUT2D eigenvalue weighted by molar-refractivity contribution is 14.2. The molecule has 23 heavy (non-hydrogen) atoms. The van der Waals surface area contributed by atoms with Crippen LogP contribution in [0.15, 0.2) is 18.2 Å². The highest BCUT2D eigenvalue weighted by Crippen LogP contribution is 2.38. The molecule has 2 aromatic rings. The Labute approximate surface area is 152 Å². The van der Waals surface area contributed by atoms with Gasteiger partial charge in [0.05, 0.1) is 23.1 Å². The maximum Gasteiger partial charge on any atom is 0.517 e. The first-order chi connectivity index (χ1) is 10.7. The topological polar surface area (TPSA) is 39.5 Å². The zero-order chi connectivity index (χ0) is 17.0. The Morgan fingerprint density at radius 2 is 1.78 bits per heavy atom. The van der Waals surface area contributed by atoms with Gasteiger partial charge in [0.1, 0.15) is 5.59 Å². The lowest BCUT2D eigenvalue weighted by Gasteiger charge is -2.32. The molecule has 1 aliphatic heterocycles. The number of halogens is 1. The summed E-state index contributed by atoms with van der Waals surface area (Å²) >= 11 is 2.35. The first-order valence-corrected chi connectivity index (χ1v) is 11.6. The van der Waals surface area contributed by atoms with Crippen molar-refractivity contribution in [1.82, 2.24) is 9.55 Å². The third-order valence-corrected chi connectivity index (χ3v) is 6.64. The minimum Gasteiger partial charge on any atom is -0.398 e. The molecule has 1 fully saturated rings. The van der Waals surface area contributed by atoms with Crippen molar-refractivity contribution in [3.05, 3.63) is 18.2 Å². The fourth-order valence-electron chi connectivity index (χ4n) is 2.60. The maximum absolute atomic E-state index is 6.21. The first kappa shape index (κ1) is 17.5. The number of benzene rings is 1. The van der Waals surface area contributed by atoms with Gasteiger partial charge in [-0.15, -0.1) is 0 Å². The standard InChI is InChI=1S/C15H22BIN3O2P/c1-14(2)15(3,4)22-16(21-14)13-11-9-10(19(5)6)7-8-12(11)20(18-13)23-17/h7-9,23H,1-6H3. The van der Waals surface area contributed by atoms with Crippen LogP contribution >= 0.6 is 28.4 Å². The first-order valence-electron chi connectivity index (χ1n) is 7.58. The summed E-state index contributed by atoms with van der Waals surface area (Å²) in [6.45, 7) is 8.27. The summed E-state index contributed by atoms with van der Waals surface area (Å²) in [5.41, 5.74) is 2.41. The largest absolute Gasteiger partial charge is 0.517 e. The van der Waals surface area contributed by atoms with Gasteiger partial charge in [-0.05, 0) is 67.9 Å². The molecule has 1 aromatic heterocycles. The Morgan fingerprint density at radius 3 is 2.30 bits per heavy atom. The second kappa shape index (κ2) is 5.86. The van der Waals surface area contributed by atoms with E-state index in [0.717, 1.165) is 22.2 Å². The van der Waals surface area contributed by atoms with Gasteiger partial charge in [-0.25, -0.2) is 4.45 Å². The van der Waals surface area contributed by atoms with Crippen molar-refractivity contribution in [1.29, 1.82) is 0 Å². The van der Waals surface area contributed by atoms with E-state index in [0.29, 0.717) is 6.37 Å². The van der Waals surface area contributed by atoms with E-state index in [9.17, 15) is 0 Å². The van der Waals surface area contributed by atoms with E-state index < -0.39 is 7.12 Å². The molecule has 0 radical (unpaired) electrons. The van der Waals surface area contributed by atoms with Gasteiger partial charge >= 0.3 is 7.12 Å². The van der Waals surface area contributed by atoms with Crippen molar-refractivity contribution in [3.63, 3.8) is 0 Å². The van der Waals surface area contributed by atoms with E-state index in [2.05, 4.69) is 72.8 Å². The van der Waals surface area contributed by atoms with Gasteiger partial charge in [-0.1, -0.05) is 0 Å². The summed E-state index contributed by atoms with van der Waals surface area (Å²) in [5, 5.41) is 5.87. The molecule has 2 heterocycles. The van der Waals surface area contributed by atoms with Crippen molar-refractivity contribution in [2.45, 2.75) is 38.9 Å². The second-order valence-corrected chi connectivity index (χ2v) is 9.11. The molecule has 1 aromatic carbocycles.